The van der Waals surface area contributed by atoms with Gasteiger partial charge in [0.1, 0.15) is 12.4 Å². The maximum absolute atomic E-state index is 11.0. The van der Waals surface area contributed by atoms with Gasteiger partial charge in [0.15, 0.2) is 0 Å². The lowest BCUT2D eigenvalue weighted by Gasteiger charge is -2.13. The Morgan fingerprint density at radius 2 is 2.47 bits per heavy atom. The van der Waals surface area contributed by atoms with Crippen molar-refractivity contribution in [3.05, 3.63) is 18.6 Å². The number of hydrogen-bond acceptors (Lipinski definition) is 5. The van der Waals surface area contributed by atoms with Gasteiger partial charge in [-0.25, -0.2) is 9.97 Å². The van der Waals surface area contributed by atoms with Crippen LogP contribution in [0.2, 0.25) is 0 Å². The number of thioether (sulfide) groups is 1. The number of nitrogens with one attached hydrogen (secondary N) is 1. The molecule has 1 aromatic heterocycles. The average Bonchev–Trinajstić information content (AvgIpc) is 3.13. The molecule has 2 rings (SSSR count). The molecule has 0 saturated heterocycles. The Labute approximate surface area is 104 Å². The lowest BCUT2D eigenvalue weighted by molar-refractivity contribution is -0.139. The molecule has 17 heavy (non-hydrogen) atoms. The standard InChI is InChI=1S/C11H15N3O2S/c15-11(16)9(14-8-1-2-8)4-6-17-10-3-5-12-7-13-10/h3,5,7-9,14H,1-2,4,6H2,(H,15,16). The van der Waals surface area contributed by atoms with Crippen LogP contribution in [0.3, 0.4) is 0 Å². The second-order valence-electron chi connectivity index (χ2n) is 4.02. The van der Waals surface area contributed by atoms with Crippen LogP contribution in [0.4, 0.5) is 0 Å². The number of carboxylic acids is 1. The van der Waals surface area contributed by atoms with Gasteiger partial charge in [0, 0.05) is 18.0 Å². The fourth-order valence-corrected chi connectivity index (χ4v) is 2.30. The van der Waals surface area contributed by atoms with E-state index >= 15 is 0 Å². The van der Waals surface area contributed by atoms with Gasteiger partial charge in [-0.2, -0.15) is 0 Å². The first-order valence-electron chi connectivity index (χ1n) is 5.63. The minimum atomic E-state index is -0.764. The smallest absolute Gasteiger partial charge is 0.320 e. The van der Waals surface area contributed by atoms with Crippen LogP contribution in [-0.4, -0.2) is 38.9 Å². The molecule has 1 aromatic rings. The van der Waals surface area contributed by atoms with Crippen molar-refractivity contribution in [3.63, 3.8) is 0 Å². The second-order valence-corrected chi connectivity index (χ2v) is 5.13. The molecule has 1 unspecified atom stereocenters. The number of aliphatic carboxylic acids is 1. The summed E-state index contributed by atoms with van der Waals surface area (Å²) < 4.78 is 0. The summed E-state index contributed by atoms with van der Waals surface area (Å²) in [6.07, 6.45) is 6.00. The molecule has 1 heterocycles. The van der Waals surface area contributed by atoms with Crippen molar-refractivity contribution < 1.29 is 9.90 Å². The highest BCUT2D eigenvalue weighted by Gasteiger charge is 2.27. The van der Waals surface area contributed by atoms with E-state index in [4.69, 9.17) is 5.11 Å². The van der Waals surface area contributed by atoms with Crippen molar-refractivity contribution in [1.82, 2.24) is 15.3 Å². The van der Waals surface area contributed by atoms with E-state index in [-0.39, 0.29) is 0 Å². The van der Waals surface area contributed by atoms with Gasteiger partial charge in [-0.3, -0.25) is 4.79 Å². The summed E-state index contributed by atoms with van der Waals surface area (Å²) in [5.41, 5.74) is 0. The van der Waals surface area contributed by atoms with Gasteiger partial charge in [-0.15, -0.1) is 11.8 Å². The van der Waals surface area contributed by atoms with Gasteiger partial charge in [-0.1, -0.05) is 0 Å². The van der Waals surface area contributed by atoms with Crippen molar-refractivity contribution in [1.29, 1.82) is 0 Å². The molecular weight excluding hydrogens is 238 g/mol. The Morgan fingerprint density at radius 1 is 1.65 bits per heavy atom. The van der Waals surface area contributed by atoms with Gasteiger partial charge < -0.3 is 10.4 Å². The molecule has 1 fully saturated rings. The van der Waals surface area contributed by atoms with Gasteiger partial charge in [-0.05, 0) is 25.3 Å². The molecule has 0 amide bonds. The monoisotopic (exact) mass is 253 g/mol. The molecule has 0 aromatic carbocycles. The quantitative estimate of drug-likeness (QED) is 0.561. The first kappa shape index (κ1) is 12.3. The molecule has 0 bridgehead atoms. The number of aromatic nitrogens is 2. The minimum Gasteiger partial charge on any atom is -0.480 e. The summed E-state index contributed by atoms with van der Waals surface area (Å²) in [4.78, 5) is 18.9. The van der Waals surface area contributed by atoms with E-state index in [1.54, 1.807) is 18.0 Å². The molecule has 2 N–H and O–H groups in total. The molecule has 1 saturated carbocycles. The average molecular weight is 253 g/mol. The van der Waals surface area contributed by atoms with Gasteiger partial charge >= 0.3 is 5.97 Å². The van der Waals surface area contributed by atoms with Gasteiger partial charge in [0.05, 0.1) is 5.03 Å². The number of carbonyl (C=O) groups is 1. The van der Waals surface area contributed by atoms with Crippen molar-refractivity contribution in [2.45, 2.75) is 36.4 Å². The third-order valence-electron chi connectivity index (χ3n) is 2.52. The third-order valence-corrected chi connectivity index (χ3v) is 3.50. The van der Waals surface area contributed by atoms with Crippen LogP contribution in [0.15, 0.2) is 23.6 Å². The lowest BCUT2D eigenvalue weighted by Crippen LogP contribution is -2.38. The normalized spacial score (nSPS) is 16.7. The van der Waals surface area contributed by atoms with Crippen LogP contribution in [0.1, 0.15) is 19.3 Å². The summed E-state index contributed by atoms with van der Waals surface area (Å²) in [6.45, 7) is 0. The fourth-order valence-electron chi connectivity index (χ4n) is 1.46. The summed E-state index contributed by atoms with van der Waals surface area (Å²) in [5, 5.41) is 13.1. The van der Waals surface area contributed by atoms with Crippen LogP contribution < -0.4 is 5.32 Å². The second kappa shape index (κ2) is 5.97. The zero-order valence-electron chi connectivity index (χ0n) is 9.37. The number of carboxylic acid groups (broad SMARTS) is 1. The topological polar surface area (TPSA) is 75.1 Å². The highest BCUT2D eigenvalue weighted by Crippen LogP contribution is 2.21. The van der Waals surface area contributed by atoms with E-state index in [9.17, 15) is 4.79 Å². The van der Waals surface area contributed by atoms with Crippen LogP contribution >= 0.6 is 11.8 Å². The molecule has 0 aliphatic heterocycles. The van der Waals surface area contributed by atoms with Crippen LogP contribution in [0.5, 0.6) is 0 Å². The van der Waals surface area contributed by atoms with E-state index in [1.165, 1.54) is 6.33 Å². The van der Waals surface area contributed by atoms with Crippen molar-refractivity contribution in [2.75, 3.05) is 5.75 Å². The Bertz CT molecular complexity index is 370. The highest BCUT2D eigenvalue weighted by molar-refractivity contribution is 7.99. The van der Waals surface area contributed by atoms with Crippen molar-refractivity contribution in [2.24, 2.45) is 0 Å². The first-order chi connectivity index (χ1) is 8.25. The van der Waals surface area contributed by atoms with E-state index in [1.807, 2.05) is 6.07 Å². The van der Waals surface area contributed by atoms with E-state index in [2.05, 4.69) is 15.3 Å². The predicted octanol–water partition coefficient (Wildman–Crippen LogP) is 1.16. The summed E-state index contributed by atoms with van der Waals surface area (Å²) >= 11 is 1.56. The predicted molar refractivity (Wildman–Crippen MR) is 65.0 cm³/mol. The number of hydrogen-bond donors (Lipinski definition) is 2. The Balaban J connectivity index is 1.73. The molecule has 5 nitrogen and oxygen atoms in total. The van der Waals surface area contributed by atoms with E-state index < -0.39 is 12.0 Å². The SMILES string of the molecule is O=C(O)C(CCSc1ccncn1)NC1CC1. The molecule has 0 spiro atoms. The Hall–Kier alpha value is -1.14. The fraction of sp³-hybridized carbons (Fsp3) is 0.545. The highest BCUT2D eigenvalue weighted by atomic mass is 32.2. The lowest BCUT2D eigenvalue weighted by atomic mass is 10.2. The zero-order valence-corrected chi connectivity index (χ0v) is 10.2. The molecule has 0 radical (unpaired) electrons. The first-order valence-corrected chi connectivity index (χ1v) is 6.62. The van der Waals surface area contributed by atoms with Crippen LogP contribution in [0.25, 0.3) is 0 Å². The number of nitrogens with zero attached hydrogens (tertiary/aromatic N) is 2. The van der Waals surface area contributed by atoms with Gasteiger partial charge in [0.2, 0.25) is 0 Å². The van der Waals surface area contributed by atoms with E-state index in [0.29, 0.717) is 12.5 Å². The molecule has 1 aliphatic rings. The minimum absolute atomic E-state index is 0.417. The Morgan fingerprint density at radius 3 is 3.06 bits per heavy atom. The maximum atomic E-state index is 11.0. The van der Waals surface area contributed by atoms with Gasteiger partial charge in [0.25, 0.3) is 0 Å². The summed E-state index contributed by atoms with van der Waals surface area (Å²) in [7, 11) is 0. The van der Waals surface area contributed by atoms with Crippen LogP contribution in [0, 0.1) is 0 Å². The summed E-state index contributed by atoms with van der Waals surface area (Å²) in [5.74, 6) is -0.0200. The zero-order chi connectivity index (χ0) is 12.1. The largest absolute Gasteiger partial charge is 0.480 e. The molecule has 1 aliphatic carbocycles. The maximum Gasteiger partial charge on any atom is 0.320 e. The van der Waals surface area contributed by atoms with Crippen LogP contribution in [-0.2, 0) is 4.79 Å². The number of rotatable bonds is 7. The van der Waals surface area contributed by atoms with Crippen molar-refractivity contribution >= 4 is 17.7 Å². The molecule has 6 heteroatoms. The van der Waals surface area contributed by atoms with E-state index in [0.717, 1.165) is 23.6 Å². The third kappa shape index (κ3) is 4.32. The molecule has 92 valence electrons. The van der Waals surface area contributed by atoms with Crippen molar-refractivity contribution in [3.8, 4) is 0 Å². The summed E-state index contributed by atoms with van der Waals surface area (Å²) in [6, 6.07) is 1.81. The molecular formula is C11H15N3O2S. The molecule has 1 atom stereocenters. The Kier molecular flexibility index (Phi) is 4.33.